The van der Waals surface area contributed by atoms with Crippen molar-refractivity contribution < 1.29 is 9.84 Å². The molecule has 0 bridgehead atoms. The van der Waals surface area contributed by atoms with E-state index in [1.807, 2.05) is 0 Å². The van der Waals surface area contributed by atoms with Gasteiger partial charge in [0.2, 0.25) is 0 Å². The zero-order valence-electron chi connectivity index (χ0n) is 11.7. The van der Waals surface area contributed by atoms with Gasteiger partial charge in [-0.3, -0.25) is 10.00 Å². The molecule has 1 rings (SSSR count). The van der Waals surface area contributed by atoms with Crippen molar-refractivity contribution in [1.29, 1.82) is 0 Å². The van der Waals surface area contributed by atoms with Gasteiger partial charge in [-0.25, -0.2) is 0 Å². The Bertz CT molecular complexity index is 447. The lowest BCUT2D eigenvalue weighted by molar-refractivity contribution is 0.0561. The van der Waals surface area contributed by atoms with E-state index in [1.165, 1.54) is 11.3 Å². The highest BCUT2D eigenvalue weighted by Crippen LogP contribution is 2.19. The Morgan fingerprint density at radius 2 is 2.40 bits per heavy atom. The van der Waals surface area contributed by atoms with Crippen LogP contribution in [0.2, 0.25) is 0 Å². The molecular formula is C12H21N3O2S3. The van der Waals surface area contributed by atoms with Crippen molar-refractivity contribution in [1.82, 2.24) is 15.1 Å². The second kappa shape index (κ2) is 10.5. The maximum atomic E-state index is 8.65. The van der Waals surface area contributed by atoms with Gasteiger partial charge < -0.3 is 9.84 Å². The van der Waals surface area contributed by atoms with Crippen molar-refractivity contribution in [2.75, 3.05) is 39.2 Å². The summed E-state index contributed by atoms with van der Waals surface area (Å²) in [4.78, 5) is 2.21. The predicted octanol–water partition coefficient (Wildman–Crippen LogP) is 2.18. The first-order valence-corrected chi connectivity index (χ1v) is 8.56. The number of aromatic amines is 1. The van der Waals surface area contributed by atoms with Crippen LogP contribution in [-0.2, 0) is 4.74 Å². The highest BCUT2D eigenvalue weighted by atomic mass is 32.2. The first kappa shape index (κ1) is 17.8. The number of aromatic nitrogens is 2. The Labute approximate surface area is 133 Å². The number of hydrogen-bond acceptors (Lipinski definition) is 7. The number of rotatable bonds is 10. The van der Waals surface area contributed by atoms with E-state index in [0.29, 0.717) is 23.2 Å². The zero-order valence-corrected chi connectivity index (χ0v) is 14.2. The fourth-order valence-corrected chi connectivity index (χ4v) is 3.29. The first-order valence-electron chi connectivity index (χ1n) is 6.35. The van der Waals surface area contributed by atoms with Crippen LogP contribution in [0.15, 0.2) is 16.5 Å². The first-order chi connectivity index (χ1) is 9.63. The third kappa shape index (κ3) is 7.51. The van der Waals surface area contributed by atoms with Crippen molar-refractivity contribution in [2.24, 2.45) is 0 Å². The number of thioether (sulfide) groups is 1. The number of aliphatic hydroxyl groups excluding tert-OH is 1. The molecular weight excluding hydrogens is 314 g/mol. The SMILES string of the molecule is CC(COCCO)N(C)C/C=C/CSc1n[nH]c(=S)s1. The minimum atomic E-state index is 0.0771. The Hall–Kier alpha value is -0.250. The maximum absolute atomic E-state index is 8.65. The van der Waals surface area contributed by atoms with E-state index in [2.05, 4.69) is 41.2 Å². The number of H-pyrrole nitrogens is 1. The van der Waals surface area contributed by atoms with Crippen molar-refractivity contribution >= 4 is 35.3 Å². The largest absolute Gasteiger partial charge is 0.394 e. The Morgan fingerprint density at radius 3 is 3.05 bits per heavy atom. The second-order valence-electron chi connectivity index (χ2n) is 4.25. The lowest BCUT2D eigenvalue weighted by atomic mass is 10.3. The van der Waals surface area contributed by atoms with Crippen molar-refractivity contribution in [3.05, 3.63) is 16.1 Å². The standard InChI is InChI=1S/C12H21N3O2S3/c1-10(9-17-7-6-16)15(2)5-3-4-8-19-12-14-13-11(18)20-12/h3-4,10,16H,5-9H2,1-2H3,(H,13,18)/b4-3+. The fraction of sp³-hybridized carbons (Fsp3) is 0.667. The molecule has 0 fully saturated rings. The smallest absolute Gasteiger partial charge is 0.177 e. The van der Waals surface area contributed by atoms with Crippen molar-refractivity contribution in [3.63, 3.8) is 0 Å². The van der Waals surface area contributed by atoms with Crippen LogP contribution >= 0.6 is 35.3 Å². The lowest BCUT2D eigenvalue weighted by Crippen LogP contribution is -2.33. The summed E-state index contributed by atoms with van der Waals surface area (Å²) >= 11 is 8.14. The Kier molecular flexibility index (Phi) is 9.32. The summed E-state index contributed by atoms with van der Waals surface area (Å²) < 4.78 is 7.00. The molecule has 5 nitrogen and oxygen atoms in total. The van der Waals surface area contributed by atoms with E-state index in [-0.39, 0.29) is 6.61 Å². The highest BCUT2D eigenvalue weighted by Gasteiger charge is 2.07. The number of nitrogens with one attached hydrogen (secondary N) is 1. The van der Waals surface area contributed by atoms with Gasteiger partial charge in [-0.2, -0.15) is 5.10 Å². The summed E-state index contributed by atoms with van der Waals surface area (Å²) in [5.41, 5.74) is 0. The normalized spacial score (nSPS) is 13.4. The predicted molar refractivity (Wildman–Crippen MR) is 87.2 cm³/mol. The van der Waals surface area contributed by atoms with Crippen LogP contribution < -0.4 is 0 Å². The molecule has 8 heteroatoms. The van der Waals surface area contributed by atoms with Gasteiger partial charge in [0.25, 0.3) is 0 Å². The molecule has 0 aliphatic heterocycles. The van der Waals surface area contributed by atoms with Gasteiger partial charge in [0.1, 0.15) is 0 Å². The molecule has 0 aromatic carbocycles. The van der Waals surface area contributed by atoms with Gasteiger partial charge >= 0.3 is 0 Å². The van der Waals surface area contributed by atoms with Gasteiger partial charge in [0, 0.05) is 18.3 Å². The van der Waals surface area contributed by atoms with Gasteiger partial charge in [0.15, 0.2) is 8.29 Å². The van der Waals surface area contributed by atoms with Crippen LogP contribution in [-0.4, -0.2) is 65.4 Å². The van der Waals surface area contributed by atoms with E-state index in [9.17, 15) is 0 Å². The molecule has 0 aliphatic rings. The van der Waals surface area contributed by atoms with Crippen LogP contribution in [0.25, 0.3) is 0 Å². The molecule has 114 valence electrons. The maximum Gasteiger partial charge on any atom is 0.177 e. The molecule has 0 spiro atoms. The summed E-state index contributed by atoms with van der Waals surface area (Å²) in [7, 11) is 2.06. The van der Waals surface area contributed by atoms with Gasteiger partial charge in [-0.15, -0.1) is 0 Å². The monoisotopic (exact) mass is 335 g/mol. The molecule has 20 heavy (non-hydrogen) atoms. The average Bonchev–Trinajstić information content (AvgIpc) is 2.84. The van der Waals surface area contributed by atoms with Crippen LogP contribution in [0.5, 0.6) is 0 Å². The zero-order chi connectivity index (χ0) is 14.8. The van der Waals surface area contributed by atoms with Crippen molar-refractivity contribution in [3.8, 4) is 0 Å². The molecule has 1 atom stereocenters. The van der Waals surface area contributed by atoms with Crippen LogP contribution in [0, 0.1) is 3.95 Å². The Balaban J connectivity index is 2.14. The molecule has 1 aromatic heterocycles. The molecule has 0 saturated carbocycles. The summed E-state index contributed by atoms with van der Waals surface area (Å²) in [5, 5.41) is 15.5. The molecule has 1 aromatic rings. The number of nitrogens with zero attached hydrogens (tertiary/aromatic N) is 2. The van der Waals surface area contributed by atoms with Gasteiger partial charge in [0.05, 0.1) is 19.8 Å². The number of aliphatic hydroxyl groups is 1. The molecule has 1 heterocycles. The van der Waals surface area contributed by atoms with Gasteiger partial charge in [-0.1, -0.05) is 35.3 Å². The lowest BCUT2D eigenvalue weighted by Gasteiger charge is -2.22. The Morgan fingerprint density at radius 1 is 1.60 bits per heavy atom. The minimum absolute atomic E-state index is 0.0771. The number of hydrogen-bond donors (Lipinski definition) is 2. The van der Waals surface area contributed by atoms with E-state index >= 15 is 0 Å². The molecule has 0 aliphatic carbocycles. The fourth-order valence-electron chi connectivity index (χ4n) is 1.33. The highest BCUT2D eigenvalue weighted by molar-refractivity contribution is 8.01. The number of likely N-dealkylation sites (N-methyl/N-ethyl adjacent to an activating group) is 1. The summed E-state index contributed by atoms with van der Waals surface area (Å²) in [5.74, 6) is 0.888. The topological polar surface area (TPSA) is 61.4 Å². The second-order valence-corrected chi connectivity index (χ2v) is 7.18. The third-order valence-corrected chi connectivity index (χ3v) is 4.81. The van der Waals surface area contributed by atoms with E-state index in [1.54, 1.807) is 11.8 Å². The number of ether oxygens (including phenoxy) is 1. The minimum Gasteiger partial charge on any atom is -0.394 e. The summed E-state index contributed by atoms with van der Waals surface area (Å²) in [6, 6.07) is 0.329. The van der Waals surface area contributed by atoms with Crippen LogP contribution in [0.3, 0.4) is 0 Å². The van der Waals surface area contributed by atoms with E-state index in [4.69, 9.17) is 22.1 Å². The average molecular weight is 336 g/mol. The molecule has 2 N–H and O–H groups in total. The molecule has 0 amide bonds. The van der Waals surface area contributed by atoms with Gasteiger partial charge in [-0.05, 0) is 26.2 Å². The summed E-state index contributed by atoms with van der Waals surface area (Å²) in [6.07, 6.45) is 4.27. The quantitative estimate of drug-likeness (QED) is 0.296. The molecule has 0 radical (unpaired) electrons. The molecule has 1 unspecified atom stereocenters. The third-order valence-electron chi connectivity index (χ3n) is 2.63. The van der Waals surface area contributed by atoms with Crippen LogP contribution in [0.1, 0.15) is 6.92 Å². The van der Waals surface area contributed by atoms with E-state index < -0.39 is 0 Å². The van der Waals surface area contributed by atoms with Crippen molar-refractivity contribution in [2.45, 2.75) is 17.3 Å². The molecule has 0 saturated heterocycles. The van der Waals surface area contributed by atoms with Crippen LogP contribution in [0.4, 0.5) is 0 Å². The summed E-state index contributed by atoms with van der Waals surface area (Å²) in [6.45, 7) is 4.10. The van der Waals surface area contributed by atoms with E-state index in [0.717, 1.165) is 16.6 Å².